The number of carbonyl (C=O) groups is 2. The molecule has 90 valence electrons. The number of nitrogens with one attached hydrogen (secondary N) is 1. The second-order valence-corrected chi connectivity index (χ2v) is 3.60. The Bertz CT molecular complexity index is 459. The second kappa shape index (κ2) is 3.81. The summed E-state index contributed by atoms with van der Waals surface area (Å²) < 4.78 is 0. The molecule has 0 spiro atoms. The van der Waals surface area contributed by atoms with Crippen molar-refractivity contribution < 1.29 is 24.9 Å². The molecule has 1 saturated heterocycles. The molecule has 1 aromatic carbocycles. The summed E-state index contributed by atoms with van der Waals surface area (Å²) in [6.07, 6.45) is 0. The number of amides is 1. The SMILES string of the molecule is O=C(O)C1NN(c2ccccc2)C(=O)C1(O)O. The molecule has 0 radical (unpaired) electrons. The third-order valence-corrected chi connectivity index (χ3v) is 2.44. The molecule has 0 aliphatic carbocycles. The number of hydrogen-bond donors (Lipinski definition) is 4. The topological polar surface area (TPSA) is 110 Å². The molecule has 17 heavy (non-hydrogen) atoms. The zero-order valence-corrected chi connectivity index (χ0v) is 8.57. The Morgan fingerprint density at radius 3 is 2.35 bits per heavy atom. The van der Waals surface area contributed by atoms with Crippen LogP contribution >= 0.6 is 0 Å². The number of carbonyl (C=O) groups excluding carboxylic acids is 1. The lowest BCUT2D eigenvalue weighted by molar-refractivity contribution is -0.189. The fraction of sp³-hybridized carbons (Fsp3) is 0.200. The van der Waals surface area contributed by atoms with Gasteiger partial charge >= 0.3 is 11.9 Å². The van der Waals surface area contributed by atoms with Crippen molar-refractivity contribution in [2.75, 3.05) is 5.01 Å². The van der Waals surface area contributed by atoms with Crippen molar-refractivity contribution in [1.82, 2.24) is 5.43 Å². The van der Waals surface area contributed by atoms with E-state index in [0.717, 1.165) is 5.01 Å². The number of hydrogen-bond acceptors (Lipinski definition) is 5. The van der Waals surface area contributed by atoms with Gasteiger partial charge in [-0.1, -0.05) is 18.2 Å². The van der Waals surface area contributed by atoms with Crippen molar-refractivity contribution in [3.8, 4) is 0 Å². The van der Waals surface area contributed by atoms with Crippen LogP contribution in [0.5, 0.6) is 0 Å². The Hall–Kier alpha value is -1.96. The third kappa shape index (κ3) is 1.76. The minimum atomic E-state index is -2.96. The number of carboxylic acids is 1. The zero-order valence-electron chi connectivity index (χ0n) is 8.57. The van der Waals surface area contributed by atoms with Crippen LogP contribution in [0.1, 0.15) is 0 Å². The van der Waals surface area contributed by atoms with Crippen molar-refractivity contribution >= 4 is 17.6 Å². The monoisotopic (exact) mass is 238 g/mol. The van der Waals surface area contributed by atoms with Gasteiger partial charge in [-0.2, -0.15) is 0 Å². The Morgan fingerprint density at radius 1 is 1.29 bits per heavy atom. The fourth-order valence-corrected chi connectivity index (χ4v) is 1.56. The number of aliphatic carboxylic acids is 1. The van der Waals surface area contributed by atoms with Crippen molar-refractivity contribution in [1.29, 1.82) is 0 Å². The van der Waals surface area contributed by atoms with Gasteiger partial charge < -0.3 is 15.3 Å². The summed E-state index contributed by atoms with van der Waals surface area (Å²) in [5.74, 6) is -5.61. The molecule has 1 aliphatic rings. The molecule has 4 N–H and O–H groups in total. The highest BCUT2D eigenvalue weighted by molar-refractivity contribution is 6.04. The van der Waals surface area contributed by atoms with Gasteiger partial charge in [-0.25, -0.2) is 10.4 Å². The molecular formula is C10H10N2O5. The van der Waals surface area contributed by atoms with Crippen LogP contribution in [-0.2, 0) is 9.59 Å². The van der Waals surface area contributed by atoms with Gasteiger partial charge in [-0.3, -0.25) is 9.59 Å². The number of para-hydroxylation sites is 1. The van der Waals surface area contributed by atoms with E-state index in [9.17, 15) is 19.8 Å². The standard InChI is InChI=1S/C10H10N2O5/c13-8(14)7-10(16,17)9(15)12(11-7)6-4-2-1-3-5-6/h1-5,7,11,16-17H,(H,13,14). The Morgan fingerprint density at radius 2 is 1.88 bits per heavy atom. The van der Waals surface area contributed by atoms with Gasteiger partial charge in [0.2, 0.25) is 0 Å². The molecule has 2 rings (SSSR count). The van der Waals surface area contributed by atoms with Crippen LogP contribution in [0.4, 0.5) is 5.69 Å². The number of rotatable bonds is 2. The summed E-state index contributed by atoms with van der Waals surface area (Å²) in [6.45, 7) is 0. The summed E-state index contributed by atoms with van der Waals surface area (Å²) in [6, 6.07) is 6.25. The number of hydrazine groups is 1. The molecule has 1 aliphatic heterocycles. The molecule has 1 unspecified atom stereocenters. The highest BCUT2D eigenvalue weighted by atomic mass is 16.5. The predicted molar refractivity (Wildman–Crippen MR) is 55.7 cm³/mol. The summed E-state index contributed by atoms with van der Waals surface area (Å²) in [4.78, 5) is 22.4. The molecule has 0 aromatic heterocycles. The molecule has 0 saturated carbocycles. The number of aliphatic hydroxyl groups is 2. The molecule has 1 atom stereocenters. The van der Waals surface area contributed by atoms with E-state index >= 15 is 0 Å². The minimum Gasteiger partial charge on any atom is -0.480 e. The molecule has 0 bridgehead atoms. The van der Waals surface area contributed by atoms with E-state index in [1.165, 1.54) is 12.1 Å². The minimum absolute atomic E-state index is 0.328. The highest BCUT2D eigenvalue weighted by Crippen LogP contribution is 2.24. The van der Waals surface area contributed by atoms with Crippen LogP contribution in [-0.4, -0.2) is 39.0 Å². The summed E-state index contributed by atoms with van der Waals surface area (Å²) >= 11 is 0. The Kier molecular flexibility index (Phi) is 2.58. The normalized spacial score (nSPS) is 22.8. The number of anilines is 1. The molecule has 1 fully saturated rings. The van der Waals surface area contributed by atoms with Crippen LogP contribution < -0.4 is 10.4 Å². The van der Waals surface area contributed by atoms with Crippen LogP contribution in [0.15, 0.2) is 30.3 Å². The van der Waals surface area contributed by atoms with Crippen molar-refractivity contribution in [3.63, 3.8) is 0 Å². The van der Waals surface area contributed by atoms with E-state index in [-0.39, 0.29) is 0 Å². The van der Waals surface area contributed by atoms with E-state index in [4.69, 9.17) is 5.11 Å². The van der Waals surface area contributed by atoms with E-state index in [1.54, 1.807) is 18.2 Å². The molecule has 7 heteroatoms. The maximum atomic E-state index is 11.6. The Balaban J connectivity index is 2.35. The lowest BCUT2D eigenvalue weighted by Crippen LogP contribution is -2.51. The number of nitrogens with zero attached hydrogens (tertiary/aromatic N) is 1. The summed E-state index contributed by atoms with van der Waals surface area (Å²) in [7, 11) is 0. The molecular weight excluding hydrogens is 228 g/mol. The quantitative estimate of drug-likeness (QED) is 0.475. The van der Waals surface area contributed by atoms with Crippen molar-refractivity contribution in [3.05, 3.63) is 30.3 Å². The van der Waals surface area contributed by atoms with Gasteiger partial charge in [0.1, 0.15) is 0 Å². The molecule has 1 aromatic rings. The second-order valence-electron chi connectivity index (χ2n) is 3.60. The molecule has 7 nitrogen and oxygen atoms in total. The first kappa shape index (κ1) is 11.5. The largest absolute Gasteiger partial charge is 0.480 e. The van der Waals surface area contributed by atoms with Gasteiger partial charge in [0, 0.05) is 0 Å². The first-order valence-electron chi connectivity index (χ1n) is 4.78. The van der Waals surface area contributed by atoms with Crippen molar-refractivity contribution in [2.45, 2.75) is 11.8 Å². The molecule has 1 heterocycles. The maximum Gasteiger partial charge on any atom is 0.328 e. The predicted octanol–water partition coefficient (Wildman–Crippen LogP) is -1.33. The van der Waals surface area contributed by atoms with Crippen LogP contribution in [0, 0.1) is 0 Å². The zero-order chi connectivity index (χ0) is 12.6. The van der Waals surface area contributed by atoms with Gasteiger partial charge in [0.25, 0.3) is 5.79 Å². The lowest BCUT2D eigenvalue weighted by Gasteiger charge is -2.16. The van der Waals surface area contributed by atoms with E-state index in [1.807, 2.05) is 0 Å². The van der Waals surface area contributed by atoms with Crippen LogP contribution in [0.3, 0.4) is 0 Å². The van der Waals surface area contributed by atoms with Crippen molar-refractivity contribution in [2.24, 2.45) is 0 Å². The Labute approximate surface area is 95.9 Å². The maximum absolute atomic E-state index is 11.6. The van der Waals surface area contributed by atoms with E-state index in [0.29, 0.717) is 5.69 Å². The smallest absolute Gasteiger partial charge is 0.328 e. The van der Waals surface area contributed by atoms with E-state index < -0.39 is 23.7 Å². The first-order chi connectivity index (χ1) is 7.94. The summed E-state index contributed by atoms with van der Waals surface area (Å²) in [5, 5.41) is 28.5. The van der Waals surface area contributed by atoms with Crippen LogP contribution in [0.2, 0.25) is 0 Å². The highest BCUT2D eigenvalue weighted by Gasteiger charge is 2.56. The number of benzene rings is 1. The van der Waals surface area contributed by atoms with Crippen LogP contribution in [0.25, 0.3) is 0 Å². The van der Waals surface area contributed by atoms with E-state index in [2.05, 4.69) is 5.43 Å². The van der Waals surface area contributed by atoms with Gasteiger partial charge in [0.05, 0.1) is 5.69 Å². The average molecular weight is 238 g/mol. The van der Waals surface area contributed by atoms with Gasteiger partial charge in [-0.15, -0.1) is 0 Å². The number of carboxylic acid groups (broad SMARTS) is 1. The first-order valence-corrected chi connectivity index (χ1v) is 4.78. The average Bonchev–Trinajstić information content (AvgIpc) is 2.52. The third-order valence-electron chi connectivity index (χ3n) is 2.44. The van der Waals surface area contributed by atoms with Gasteiger partial charge in [-0.05, 0) is 12.1 Å². The van der Waals surface area contributed by atoms with Gasteiger partial charge in [0.15, 0.2) is 6.04 Å². The summed E-state index contributed by atoms with van der Waals surface area (Å²) in [5.41, 5.74) is 2.56. The molecule has 1 amide bonds. The lowest BCUT2D eigenvalue weighted by atomic mass is 10.1. The fourth-order valence-electron chi connectivity index (χ4n) is 1.56.